The van der Waals surface area contributed by atoms with Crippen LogP contribution in [0.25, 0.3) is 10.1 Å². The van der Waals surface area contributed by atoms with Crippen molar-refractivity contribution in [3.63, 3.8) is 0 Å². The van der Waals surface area contributed by atoms with Crippen LogP contribution in [0.5, 0.6) is 0 Å². The molecule has 0 unspecified atom stereocenters. The summed E-state index contributed by atoms with van der Waals surface area (Å²) in [6.07, 6.45) is 2.00. The molecule has 1 N–H and O–H groups in total. The van der Waals surface area contributed by atoms with Crippen molar-refractivity contribution >= 4 is 38.9 Å². The smallest absolute Gasteiger partial charge is 0.220 e. The molecule has 2 aromatic carbocycles. The molecule has 0 radical (unpaired) electrons. The lowest BCUT2D eigenvalue weighted by molar-refractivity contribution is -0.121. The van der Waals surface area contributed by atoms with E-state index in [-0.39, 0.29) is 5.91 Å². The average Bonchev–Trinajstić information content (AvgIpc) is 2.98. The van der Waals surface area contributed by atoms with E-state index in [4.69, 9.17) is 11.6 Å². The molecular formula is C19H18ClNOS. The zero-order valence-corrected chi connectivity index (χ0v) is 14.3. The van der Waals surface area contributed by atoms with Crippen LogP contribution in [0.2, 0.25) is 5.02 Å². The number of nitrogens with one attached hydrogen (secondary N) is 1. The van der Waals surface area contributed by atoms with E-state index in [0.29, 0.717) is 19.4 Å². The standard InChI is InChI=1S/C19H18ClNOS/c20-17-7-3-1-5-14(17)9-10-19(22)21-12-11-15-13-23-18-8-4-2-6-16(15)18/h1-8,13H,9-12H2,(H,21,22). The van der Waals surface area contributed by atoms with E-state index in [0.717, 1.165) is 17.0 Å². The Kier molecular flexibility index (Phi) is 5.31. The Hall–Kier alpha value is -1.84. The molecule has 2 nitrogen and oxygen atoms in total. The molecule has 0 bridgehead atoms. The highest BCUT2D eigenvalue weighted by Crippen LogP contribution is 2.25. The number of benzene rings is 2. The molecule has 0 aliphatic heterocycles. The summed E-state index contributed by atoms with van der Waals surface area (Å²) in [5.41, 5.74) is 2.32. The van der Waals surface area contributed by atoms with Crippen molar-refractivity contribution in [1.29, 1.82) is 0 Å². The molecule has 3 rings (SSSR count). The molecule has 0 aliphatic carbocycles. The molecule has 0 fully saturated rings. The first-order valence-corrected chi connectivity index (χ1v) is 8.95. The van der Waals surface area contributed by atoms with Gasteiger partial charge < -0.3 is 5.32 Å². The fourth-order valence-electron chi connectivity index (χ4n) is 2.60. The lowest BCUT2D eigenvalue weighted by Crippen LogP contribution is -2.25. The molecule has 118 valence electrons. The van der Waals surface area contributed by atoms with Crippen LogP contribution in [0.3, 0.4) is 0 Å². The molecule has 0 saturated heterocycles. The molecule has 3 aromatic rings. The van der Waals surface area contributed by atoms with Crippen LogP contribution < -0.4 is 5.32 Å². The van der Waals surface area contributed by atoms with E-state index >= 15 is 0 Å². The molecule has 1 amide bonds. The molecule has 0 spiro atoms. The number of fused-ring (bicyclic) bond motifs is 1. The van der Waals surface area contributed by atoms with Crippen molar-refractivity contribution in [3.05, 3.63) is 70.1 Å². The zero-order chi connectivity index (χ0) is 16.1. The lowest BCUT2D eigenvalue weighted by Gasteiger charge is -2.06. The minimum absolute atomic E-state index is 0.0736. The number of carbonyl (C=O) groups is 1. The molecule has 1 aromatic heterocycles. The van der Waals surface area contributed by atoms with Crippen LogP contribution in [-0.4, -0.2) is 12.5 Å². The number of carbonyl (C=O) groups excluding carboxylic acids is 1. The third-order valence-electron chi connectivity index (χ3n) is 3.86. The van der Waals surface area contributed by atoms with Crippen LogP contribution in [-0.2, 0) is 17.6 Å². The fraction of sp³-hybridized carbons (Fsp3) is 0.211. The number of hydrogen-bond acceptors (Lipinski definition) is 2. The Morgan fingerprint density at radius 2 is 1.78 bits per heavy atom. The highest BCUT2D eigenvalue weighted by molar-refractivity contribution is 7.17. The first-order valence-electron chi connectivity index (χ1n) is 7.69. The fourth-order valence-corrected chi connectivity index (χ4v) is 3.83. The maximum atomic E-state index is 12.0. The van der Waals surface area contributed by atoms with Gasteiger partial charge in [-0.3, -0.25) is 4.79 Å². The number of aryl methyl sites for hydroxylation is 1. The van der Waals surface area contributed by atoms with E-state index in [1.54, 1.807) is 11.3 Å². The monoisotopic (exact) mass is 343 g/mol. The Balaban J connectivity index is 1.47. The Labute approximate surface area is 145 Å². The molecule has 1 heterocycles. The van der Waals surface area contributed by atoms with Crippen LogP contribution >= 0.6 is 22.9 Å². The van der Waals surface area contributed by atoms with Gasteiger partial charge >= 0.3 is 0 Å². The summed E-state index contributed by atoms with van der Waals surface area (Å²) >= 11 is 7.86. The van der Waals surface area contributed by atoms with Gasteiger partial charge in [0.25, 0.3) is 0 Å². The van der Waals surface area contributed by atoms with Gasteiger partial charge in [0.1, 0.15) is 0 Å². The normalized spacial score (nSPS) is 10.8. The van der Waals surface area contributed by atoms with Crippen LogP contribution in [0.1, 0.15) is 17.5 Å². The Bertz CT molecular complexity index is 812. The van der Waals surface area contributed by atoms with Crippen LogP contribution in [0.15, 0.2) is 53.9 Å². The van der Waals surface area contributed by atoms with Crippen molar-refractivity contribution in [2.24, 2.45) is 0 Å². The Morgan fingerprint density at radius 1 is 1.00 bits per heavy atom. The highest BCUT2D eigenvalue weighted by atomic mass is 35.5. The van der Waals surface area contributed by atoms with E-state index in [1.165, 1.54) is 15.6 Å². The van der Waals surface area contributed by atoms with Crippen molar-refractivity contribution < 1.29 is 4.79 Å². The minimum atomic E-state index is 0.0736. The SMILES string of the molecule is O=C(CCc1ccccc1Cl)NCCc1csc2ccccc12. The van der Waals surface area contributed by atoms with E-state index < -0.39 is 0 Å². The number of hydrogen-bond donors (Lipinski definition) is 1. The predicted octanol–water partition coefficient (Wildman–Crippen LogP) is 4.85. The summed E-state index contributed by atoms with van der Waals surface area (Å²) in [6, 6.07) is 16.0. The number of halogens is 1. The predicted molar refractivity (Wildman–Crippen MR) is 98.3 cm³/mol. The van der Waals surface area contributed by atoms with Gasteiger partial charge in [-0.25, -0.2) is 0 Å². The van der Waals surface area contributed by atoms with Crippen LogP contribution in [0, 0.1) is 0 Å². The maximum absolute atomic E-state index is 12.0. The molecule has 0 saturated carbocycles. The number of amides is 1. The molecule has 0 atom stereocenters. The molecular weight excluding hydrogens is 326 g/mol. The van der Waals surface area contributed by atoms with Gasteiger partial charge in [0.2, 0.25) is 5.91 Å². The Morgan fingerprint density at radius 3 is 2.65 bits per heavy atom. The summed E-state index contributed by atoms with van der Waals surface area (Å²) in [7, 11) is 0. The van der Waals surface area contributed by atoms with Gasteiger partial charge in [-0.2, -0.15) is 0 Å². The van der Waals surface area contributed by atoms with Crippen molar-refractivity contribution in [2.45, 2.75) is 19.3 Å². The van der Waals surface area contributed by atoms with E-state index in [1.807, 2.05) is 24.3 Å². The highest BCUT2D eigenvalue weighted by Gasteiger charge is 2.06. The minimum Gasteiger partial charge on any atom is -0.356 e. The van der Waals surface area contributed by atoms with Gasteiger partial charge in [-0.05, 0) is 46.9 Å². The van der Waals surface area contributed by atoms with Gasteiger partial charge in [0.15, 0.2) is 0 Å². The largest absolute Gasteiger partial charge is 0.356 e. The third kappa shape index (κ3) is 4.12. The van der Waals surface area contributed by atoms with Gasteiger partial charge in [-0.1, -0.05) is 48.0 Å². The molecule has 23 heavy (non-hydrogen) atoms. The second-order valence-corrected chi connectivity index (χ2v) is 6.77. The van der Waals surface area contributed by atoms with E-state index in [9.17, 15) is 4.79 Å². The zero-order valence-electron chi connectivity index (χ0n) is 12.7. The van der Waals surface area contributed by atoms with Gasteiger partial charge in [0.05, 0.1) is 0 Å². The summed E-state index contributed by atoms with van der Waals surface area (Å²) in [6.45, 7) is 0.669. The first kappa shape index (κ1) is 16.0. The third-order valence-corrected chi connectivity index (χ3v) is 5.24. The molecule has 4 heteroatoms. The lowest BCUT2D eigenvalue weighted by atomic mass is 10.1. The average molecular weight is 344 g/mol. The summed E-state index contributed by atoms with van der Waals surface area (Å²) in [5, 5.41) is 7.20. The molecule has 0 aliphatic rings. The van der Waals surface area contributed by atoms with Crippen molar-refractivity contribution in [1.82, 2.24) is 5.32 Å². The van der Waals surface area contributed by atoms with Crippen molar-refractivity contribution in [3.8, 4) is 0 Å². The second-order valence-electron chi connectivity index (χ2n) is 5.45. The number of thiophene rings is 1. The first-order chi connectivity index (χ1) is 11.2. The van der Waals surface area contributed by atoms with Gasteiger partial charge in [-0.15, -0.1) is 11.3 Å². The van der Waals surface area contributed by atoms with Gasteiger partial charge in [0, 0.05) is 22.7 Å². The quantitative estimate of drug-likeness (QED) is 0.681. The van der Waals surface area contributed by atoms with Crippen molar-refractivity contribution in [2.75, 3.05) is 6.54 Å². The topological polar surface area (TPSA) is 29.1 Å². The summed E-state index contributed by atoms with van der Waals surface area (Å²) in [4.78, 5) is 12.0. The summed E-state index contributed by atoms with van der Waals surface area (Å²) < 4.78 is 1.30. The number of rotatable bonds is 6. The maximum Gasteiger partial charge on any atom is 0.220 e. The van der Waals surface area contributed by atoms with E-state index in [2.05, 4.69) is 35.0 Å². The summed E-state index contributed by atoms with van der Waals surface area (Å²) in [5.74, 6) is 0.0736. The second kappa shape index (κ2) is 7.62. The van der Waals surface area contributed by atoms with Crippen LogP contribution in [0.4, 0.5) is 0 Å².